The van der Waals surface area contributed by atoms with Gasteiger partial charge in [0.15, 0.2) is 0 Å². The number of carbonyl (C=O) groups excluding carboxylic acids is 2. The Morgan fingerprint density at radius 1 is 1.12 bits per heavy atom. The van der Waals surface area contributed by atoms with Crippen molar-refractivity contribution >= 4 is 52.1 Å². The van der Waals surface area contributed by atoms with Crippen LogP contribution in [-0.2, 0) is 0 Å². The standard InChI is InChI=1S/C23H18BrFN4O2S/c1-14(15-6-8-17(24)9-7-15)27-23(31)29(32)18-10-11-21(16(12-18)13-26)28-22(30)19-4-2-3-5-20(19)25/h2-12,14,32H,1H3,(H,27,31)(H,28,30). The summed E-state index contributed by atoms with van der Waals surface area (Å²) in [4.78, 5) is 25.0. The lowest BCUT2D eigenvalue weighted by molar-refractivity contribution is 0.102. The normalized spacial score (nSPS) is 11.2. The van der Waals surface area contributed by atoms with E-state index in [2.05, 4.69) is 39.4 Å². The summed E-state index contributed by atoms with van der Waals surface area (Å²) in [6, 6.07) is 18.7. The second kappa shape index (κ2) is 10.3. The van der Waals surface area contributed by atoms with Crippen molar-refractivity contribution in [2.75, 3.05) is 9.62 Å². The van der Waals surface area contributed by atoms with Gasteiger partial charge in [0.2, 0.25) is 0 Å². The summed E-state index contributed by atoms with van der Waals surface area (Å²) in [5, 5.41) is 14.8. The molecule has 3 aromatic carbocycles. The summed E-state index contributed by atoms with van der Waals surface area (Å²) >= 11 is 7.62. The number of rotatable bonds is 5. The van der Waals surface area contributed by atoms with E-state index in [4.69, 9.17) is 0 Å². The summed E-state index contributed by atoms with van der Waals surface area (Å²) in [5.74, 6) is -1.35. The summed E-state index contributed by atoms with van der Waals surface area (Å²) in [7, 11) is 0. The van der Waals surface area contributed by atoms with E-state index in [1.165, 1.54) is 36.4 Å². The molecule has 0 radical (unpaired) electrons. The Bertz CT molecular complexity index is 1200. The van der Waals surface area contributed by atoms with Crippen LogP contribution in [0, 0.1) is 17.1 Å². The lowest BCUT2D eigenvalue weighted by Crippen LogP contribution is -2.35. The van der Waals surface area contributed by atoms with Gasteiger partial charge in [0.25, 0.3) is 5.91 Å². The zero-order valence-corrected chi connectivity index (χ0v) is 19.3. The molecule has 162 valence electrons. The quantitative estimate of drug-likeness (QED) is 0.375. The highest BCUT2D eigenvalue weighted by molar-refractivity contribution is 9.10. The topological polar surface area (TPSA) is 85.2 Å². The van der Waals surface area contributed by atoms with Crippen LogP contribution in [0.15, 0.2) is 71.2 Å². The van der Waals surface area contributed by atoms with Crippen molar-refractivity contribution in [3.8, 4) is 6.07 Å². The van der Waals surface area contributed by atoms with Crippen LogP contribution >= 0.6 is 28.7 Å². The van der Waals surface area contributed by atoms with E-state index in [0.29, 0.717) is 5.69 Å². The maximum absolute atomic E-state index is 13.8. The predicted molar refractivity (Wildman–Crippen MR) is 128 cm³/mol. The number of anilines is 2. The number of nitrogens with zero attached hydrogens (tertiary/aromatic N) is 2. The molecule has 3 aromatic rings. The van der Waals surface area contributed by atoms with Crippen LogP contribution in [0.25, 0.3) is 0 Å². The number of thiol groups is 1. The van der Waals surface area contributed by atoms with Gasteiger partial charge in [-0.3, -0.25) is 4.79 Å². The molecule has 0 aliphatic carbocycles. The first-order valence-corrected chi connectivity index (χ1v) is 10.6. The van der Waals surface area contributed by atoms with E-state index in [0.717, 1.165) is 14.3 Å². The summed E-state index contributed by atoms with van der Waals surface area (Å²) in [5.41, 5.74) is 1.38. The highest BCUT2D eigenvalue weighted by Crippen LogP contribution is 2.26. The van der Waals surface area contributed by atoms with Gasteiger partial charge in [0, 0.05) is 4.47 Å². The van der Waals surface area contributed by atoms with Gasteiger partial charge >= 0.3 is 6.03 Å². The molecule has 3 amide bonds. The van der Waals surface area contributed by atoms with Crippen molar-refractivity contribution in [1.29, 1.82) is 5.26 Å². The van der Waals surface area contributed by atoms with Gasteiger partial charge in [-0.25, -0.2) is 13.5 Å². The molecule has 6 nitrogen and oxygen atoms in total. The number of nitrogens with one attached hydrogen (secondary N) is 2. The Morgan fingerprint density at radius 3 is 2.47 bits per heavy atom. The van der Waals surface area contributed by atoms with Crippen LogP contribution in [0.5, 0.6) is 0 Å². The Hall–Kier alpha value is -3.35. The Labute approximate surface area is 198 Å². The maximum Gasteiger partial charge on any atom is 0.332 e. The number of benzene rings is 3. The van der Waals surface area contributed by atoms with Gasteiger partial charge in [-0.15, -0.1) is 0 Å². The number of carbonyl (C=O) groups is 2. The Kier molecular flexibility index (Phi) is 7.51. The Balaban J connectivity index is 1.73. The maximum atomic E-state index is 13.8. The van der Waals surface area contributed by atoms with Gasteiger partial charge in [-0.2, -0.15) is 5.26 Å². The second-order valence-corrected chi connectivity index (χ2v) is 8.13. The average molecular weight is 513 g/mol. The molecule has 1 unspecified atom stereocenters. The van der Waals surface area contributed by atoms with Crippen molar-refractivity contribution in [3.05, 3.63) is 93.7 Å². The third-order valence-electron chi connectivity index (χ3n) is 4.64. The molecular formula is C23H18BrFN4O2S. The monoisotopic (exact) mass is 512 g/mol. The van der Waals surface area contributed by atoms with Crippen molar-refractivity contribution in [3.63, 3.8) is 0 Å². The lowest BCUT2D eigenvalue weighted by atomic mass is 10.1. The number of hydrogen-bond donors (Lipinski definition) is 3. The SMILES string of the molecule is CC(NC(=O)N(S)c1ccc(NC(=O)c2ccccc2F)c(C#N)c1)c1ccc(Br)cc1. The van der Waals surface area contributed by atoms with E-state index in [1.807, 2.05) is 37.3 Å². The summed E-state index contributed by atoms with van der Waals surface area (Å²) < 4.78 is 15.8. The van der Waals surface area contributed by atoms with Gasteiger partial charge in [-0.05, 0) is 55.0 Å². The minimum atomic E-state index is -0.684. The zero-order valence-electron chi connectivity index (χ0n) is 16.8. The fraction of sp³-hybridized carbons (Fsp3) is 0.0870. The van der Waals surface area contributed by atoms with Crippen molar-refractivity contribution in [1.82, 2.24) is 5.32 Å². The van der Waals surface area contributed by atoms with Gasteiger partial charge < -0.3 is 10.6 Å². The first-order chi connectivity index (χ1) is 15.3. The first-order valence-electron chi connectivity index (χ1n) is 9.45. The van der Waals surface area contributed by atoms with E-state index >= 15 is 0 Å². The van der Waals surface area contributed by atoms with Crippen LogP contribution in [0.3, 0.4) is 0 Å². The lowest BCUT2D eigenvalue weighted by Gasteiger charge is -2.21. The minimum absolute atomic E-state index is 0.0972. The average Bonchev–Trinajstić information content (AvgIpc) is 2.79. The molecule has 3 rings (SSSR count). The molecule has 0 spiro atoms. The third-order valence-corrected chi connectivity index (χ3v) is 5.58. The number of amides is 3. The van der Waals surface area contributed by atoms with E-state index in [-0.39, 0.29) is 22.9 Å². The molecular weight excluding hydrogens is 495 g/mol. The Morgan fingerprint density at radius 2 is 1.81 bits per heavy atom. The van der Waals surface area contributed by atoms with Gasteiger partial charge in [0.05, 0.1) is 28.5 Å². The molecule has 0 aliphatic heterocycles. The molecule has 0 saturated carbocycles. The van der Waals surface area contributed by atoms with Crippen LogP contribution in [0.2, 0.25) is 0 Å². The third kappa shape index (κ3) is 5.46. The predicted octanol–water partition coefficient (Wildman–Crippen LogP) is 5.83. The molecule has 0 fully saturated rings. The summed E-state index contributed by atoms with van der Waals surface area (Å²) in [6.45, 7) is 1.84. The van der Waals surface area contributed by atoms with E-state index in [1.54, 1.807) is 6.07 Å². The molecule has 9 heteroatoms. The van der Waals surface area contributed by atoms with Crippen molar-refractivity contribution in [2.45, 2.75) is 13.0 Å². The molecule has 0 aromatic heterocycles. The van der Waals surface area contributed by atoms with Crippen LogP contribution in [0.4, 0.5) is 20.6 Å². The molecule has 0 aliphatic rings. The molecule has 0 saturated heterocycles. The molecule has 32 heavy (non-hydrogen) atoms. The zero-order chi connectivity index (χ0) is 23.3. The second-order valence-electron chi connectivity index (χ2n) is 6.81. The molecule has 2 N–H and O–H groups in total. The fourth-order valence-corrected chi connectivity index (χ4v) is 3.35. The number of urea groups is 1. The largest absolute Gasteiger partial charge is 0.332 e. The van der Waals surface area contributed by atoms with E-state index < -0.39 is 17.8 Å². The van der Waals surface area contributed by atoms with Gasteiger partial charge in [-0.1, -0.05) is 53.0 Å². The minimum Gasteiger partial charge on any atom is -0.330 e. The van der Waals surface area contributed by atoms with Crippen LogP contribution in [-0.4, -0.2) is 11.9 Å². The van der Waals surface area contributed by atoms with Crippen molar-refractivity contribution < 1.29 is 14.0 Å². The highest BCUT2D eigenvalue weighted by atomic mass is 79.9. The number of hydrogen-bond acceptors (Lipinski definition) is 4. The van der Waals surface area contributed by atoms with Crippen LogP contribution in [0.1, 0.15) is 34.5 Å². The van der Waals surface area contributed by atoms with Crippen molar-refractivity contribution in [2.24, 2.45) is 0 Å². The van der Waals surface area contributed by atoms with Crippen LogP contribution < -0.4 is 14.9 Å². The summed E-state index contributed by atoms with van der Waals surface area (Å²) in [6.07, 6.45) is 0. The molecule has 0 heterocycles. The first kappa shape index (κ1) is 23.3. The molecule has 1 atom stereocenters. The number of halogens is 2. The molecule has 0 bridgehead atoms. The van der Waals surface area contributed by atoms with E-state index in [9.17, 15) is 19.2 Å². The smallest absolute Gasteiger partial charge is 0.330 e. The fourth-order valence-electron chi connectivity index (χ4n) is 2.90. The number of nitriles is 1. The van der Waals surface area contributed by atoms with Gasteiger partial charge in [0.1, 0.15) is 11.9 Å². The highest BCUT2D eigenvalue weighted by Gasteiger charge is 2.18.